The molecule has 28 heavy (non-hydrogen) atoms. The van der Waals surface area contributed by atoms with Crippen molar-refractivity contribution in [3.05, 3.63) is 53.1 Å². The minimum atomic E-state index is -0.112. The molecule has 0 radical (unpaired) electrons. The van der Waals surface area contributed by atoms with E-state index in [0.717, 1.165) is 11.3 Å². The van der Waals surface area contributed by atoms with E-state index in [1.807, 2.05) is 24.3 Å². The number of carbonyl (C=O) groups excluding carboxylic acids is 1. The van der Waals surface area contributed by atoms with Gasteiger partial charge in [-0.3, -0.25) is 9.89 Å². The van der Waals surface area contributed by atoms with Crippen LogP contribution in [-0.2, 0) is 11.3 Å². The maximum atomic E-state index is 12.1. The summed E-state index contributed by atoms with van der Waals surface area (Å²) in [6.45, 7) is 0.426. The molecule has 1 amide bonds. The summed E-state index contributed by atoms with van der Waals surface area (Å²) < 4.78 is 10.5. The van der Waals surface area contributed by atoms with E-state index < -0.39 is 0 Å². The largest absolute Gasteiger partial charge is 0.497 e. The van der Waals surface area contributed by atoms with E-state index in [0.29, 0.717) is 33.9 Å². The number of rotatable bonds is 8. The zero-order valence-electron chi connectivity index (χ0n) is 15.4. The van der Waals surface area contributed by atoms with Gasteiger partial charge in [0.05, 0.1) is 25.5 Å². The van der Waals surface area contributed by atoms with E-state index in [1.54, 1.807) is 32.4 Å². The summed E-state index contributed by atoms with van der Waals surface area (Å²) in [5, 5.41) is 10.9. The van der Waals surface area contributed by atoms with Crippen molar-refractivity contribution in [1.82, 2.24) is 20.5 Å². The highest BCUT2D eigenvalue weighted by atomic mass is 35.5. The molecule has 1 aromatic heterocycles. The molecule has 146 valence electrons. The first kappa shape index (κ1) is 20.0. The average molecular weight is 419 g/mol. The summed E-state index contributed by atoms with van der Waals surface area (Å²) in [4.78, 5) is 16.5. The molecule has 0 atom stereocenters. The number of carbonyl (C=O) groups is 1. The number of hydrogen-bond donors (Lipinski definition) is 2. The molecule has 3 aromatic rings. The summed E-state index contributed by atoms with van der Waals surface area (Å²) in [6, 6.07) is 12.8. The van der Waals surface area contributed by atoms with Crippen LogP contribution >= 0.6 is 23.4 Å². The first-order chi connectivity index (χ1) is 13.6. The minimum absolute atomic E-state index is 0.112. The fraction of sp³-hybridized carbons (Fsp3) is 0.211. The lowest BCUT2D eigenvalue weighted by Crippen LogP contribution is -2.24. The van der Waals surface area contributed by atoms with Crippen molar-refractivity contribution >= 4 is 29.3 Å². The molecule has 7 nitrogen and oxygen atoms in total. The van der Waals surface area contributed by atoms with Crippen LogP contribution in [0.2, 0.25) is 5.02 Å². The third-order valence-corrected chi connectivity index (χ3v) is 4.92. The van der Waals surface area contributed by atoms with Crippen LogP contribution < -0.4 is 14.8 Å². The monoisotopic (exact) mass is 418 g/mol. The highest BCUT2D eigenvalue weighted by Gasteiger charge is 2.13. The van der Waals surface area contributed by atoms with E-state index in [9.17, 15) is 4.79 Å². The second-order valence-electron chi connectivity index (χ2n) is 5.73. The normalized spacial score (nSPS) is 10.5. The number of halogens is 1. The Labute approximate surface area is 171 Å². The SMILES string of the molecule is COc1cccc(CNC(=O)CSc2n[nH]c(-c3cc(Cl)ccc3OC)n2)c1. The number of nitrogens with zero attached hydrogens (tertiary/aromatic N) is 2. The van der Waals surface area contributed by atoms with E-state index in [2.05, 4.69) is 20.5 Å². The van der Waals surface area contributed by atoms with Gasteiger partial charge in [-0.05, 0) is 35.9 Å². The fourth-order valence-electron chi connectivity index (χ4n) is 2.46. The number of nitrogens with one attached hydrogen (secondary N) is 2. The molecule has 2 N–H and O–H groups in total. The molecule has 0 saturated carbocycles. The van der Waals surface area contributed by atoms with Crippen LogP contribution in [0.5, 0.6) is 11.5 Å². The molecule has 0 aliphatic rings. The maximum absolute atomic E-state index is 12.1. The molecule has 0 unspecified atom stereocenters. The van der Waals surface area contributed by atoms with Gasteiger partial charge in [0.2, 0.25) is 11.1 Å². The molecular formula is C19H19ClN4O3S. The second kappa shape index (κ2) is 9.48. The van der Waals surface area contributed by atoms with Gasteiger partial charge >= 0.3 is 0 Å². The van der Waals surface area contributed by atoms with Crippen molar-refractivity contribution in [3.8, 4) is 22.9 Å². The van der Waals surface area contributed by atoms with Crippen molar-refractivity contribution in [2.24, 2.45) is 0 Å². The van der Waals surface area contributed by atoms with Gasteiger partial charge < -0.3 is 14.8 Å². The van der Waals surface area contributed by atoms with Crippen molar-refractivity contribution in [1.29, 1.82) is 0 Å². The van der Waals surface area contributed by atoms with Gasteiger partial charge in [-0.25, -0.2) is 4.98 Å². The number of methoxy groups -OCH3 is 2. The third kappa shape index (κ3) is 5.17. The molecule has 0 saturated heterocycles. The van der Waals surface area contributed by atoms with Crippen molar-refractivity contribution in [3.63, 3.8) is 0 Å². The minimum Gasteiger partial charge on any atom is -0.497 e. The zero-order valence-corrected chi connectivity index (χ0v) is 16.9. The number of aromatic nitrogens is 3. The second-order valence-corrected chi connectivity index (χ2v) is 7.11. The fourth-order valence-corrected chi connectivity index (χ4v) is 3.26. The average Bonchev–Trinajstić information content (AvgIpc) is 3.19. The van der Waals surface area contributed by atoms with Gasteiger partial charge in [0.1, 0.15) is 11.5 Å². The van der Waals surface area contributed by atoms with E-state index >= 15 is 0 Å². The van der Waals surface area contributed by atoms with Crippen molar-refractivity contribution < 1.29 is 14.3 Å². The van der Waals surface area contributed by atoms with Gasteiger partial charge in [0, 0.05) is 11.6 Å². The standard InChI is InChI=1S/C19H19ClN4O3S/c1-26-14-5-3-4-12(8-14)10-21-17(25)11-28-19-22-18(23-24-19)15-9-13(20)6-7-16(15)27-2/h3-9H,10-11H2,1-2H3,(H,21,25)(H,22,23,24). The Hall–Kier alpha value is -2.71. The molecular weight excluding hydrogens is 400 g/mol. The van der Waals surface area contributed by atoms with E-state index in [-0.39, 0.29) is 11.7 Å². The van der Waals surface area contributed by atoms with E-state index in [4.69, 9.17) is 21.1 Å². The van der Waals surface area contributed by atoms with Gasteiger partial charge in [0.25, 0.3) is 0 Å². The number of hydrogen-bond acceptors (Lipinski definition) is 6. The van der Waals surface area contributed by atoms with Gasteiger partial charge in [-0.2, -0.15) is 0 Å². The first-order valence-corrected chi connectivity index (χ1v) is 9.74. The van der Waals surface area contributed by atoms with Gasteiger partial charge in [-0.15, -0.1) is 5.10 Å². The Morgan fingerprint density at radius 1 is 1.21 bits per heavy atom. The van der Waals surface area contributed by atoms with E-state index in [1.165, 1.54) is 11.8 Å². The lowest BCUT2D eigenvalue weighted by molar-refractivity contribution is -0.118. The summed E-state index contributed by atoms with van der Waals surface area (Å²) in [5.41, 5.74) is 1.67. The Bertz CT molecular complexity index is 964. The van der Waals surface area contributed by atoms with Gasteiger partial charge in [0.15, 0.2) is 5.82 Å². The number of benzene rings is 2. The number of ether oxygens (including phenoxy) is 2. The molecule has 9 heteroatoms. The molecule has 0 aliphatic heterocycles. The van der Waals surface area contributed by atoms with Crippen LogP contribution in [0.3, 0.4) is 0 Å². The van der Waals surface area contributed by atoms with Crippen LogP contribution in [-0.4, -0.2) is 41.1 Å². The Morgan fingerprint density at radius 2 is 2.07 bits per heavy atom. The predicted octanol–water partition coefficient (Wildman–Crippen LogP) is 3.55. The third-order valence-electron chi connectivity index (χ3n) is 3.84. The topological polar surface area (TPSA) is 89.1 Å². The smallest absolute Gasteiger partial charge is 0.230 e. The molecule has 3 rings (SSSR count). The summed E-state index contributed by atoms with van der Waals surface area (Å²) in [6.07, 6.45) is 0. The molecule has 0 bridgehead atoms. The van der Waals surface area contributed by atoms with Crippen molar-refractivity contribution in [2.45, 2.75) is 11.7 Å². The lowest BCUT2D eigenvalue weighted by atomic mass is 10.2. The van der Waals surface area contributed by atoms with Crippen LogP contribution in [0.25, 0.3) is 11.4 Å². The number of H-pyrrole nitrogens is 1. The highest BCUT2D eigenvalue weighted by Crippen LogP contribution is 2.31. The summed E-state index contributed by atoms with van der Waals surface area (Å²) >= 11 is 7.29. The Balaban J connectivity index is 1.55. The Morgan fingerprint density at radius 3 is 2.86 bits per heavy atom. The summed E-state index contributed by atoms with van der Waals surface area (Å²) in [5.74, 6) is 2.01. The molecule has 0 fully saturated rings. The van der Waals surface area contributed by atoms with Crippen LogP contribution in [0.4, 0.5) is 0 Å². The van der Waals surface area contributed by atoms with Gasteiger partial charge in [-0.1, -0.05) is 35.5 Å². The lowest BCUT2D eigenvalue weighted by Gasteiger charge is -2.06. The molecule has 0 spiro atoms. The molecule has 1 heterocycles. The number of thioether (sulfide) groups is 1. The quantitative estimate of drug-likeness (QED) is 0.544. The number of amides is 1. The number of aromatic amines is 1. The summed E-state index contributed by atoms with van der Waals surface area (Å²) in [7, 11) is 3.18. The molecule has 2 aromatic carbocycles. The molecule has 0 aliphatic carbocycles. The van der Waals surface area contributed by atoms with Crippen LogP contribution in [0, 0.1) is 0 Å². The zero-order chi connectivity index (χ0) is 19.9. The van der Waals surface area contributed by atoms with Crippen LogP contribution in [0.15, 0.2) is 47.6 Å². The first-order valence-electron chi connectivity index (χ1n) is 8.38. The van der Waals surface area contributed by atoms with Crippen LogP contribution in [0.1, 0.15) is 5.56 Å². The maximum Gasteiger partial charge on any atom is 0.230 e. The predicted molar refractivity (Wildman–Crippen MR) is 109 cm³/mol. The Kier molecular flexibility index (Phi) is 6.78. The highest BCUT2D eigenvalue weighted by molar-refractivity contribution is 7.99. The van der Waals surface area contributed by atoms with Crippen molar-refractivity contribution in [2.75, 3.05) is 20.0 Å².